The predicted octanol–water partition coefficient (Wildman–Crippen LogP) is 3.41. The molecule has 1 saturated heterocycles. The molecule has 0 spiro atoms. The van der Waals surface area contributed by atoms with E-state index >= 15 is 0 Å². The van der Waals surface area contributed by atoms with Crippen LogP contribution < -0.4 is 5.32 Å². The number of rotatable bonds is 5. The summed E-state index contributed by atoms with van der Waals surface area (Å²) < 4.78 is 7.51. The van der Waals surface area contributed by atoms with Crippen LogP contribution in [0.3, 0.4) is 0 Å². The van der Waals surface area contributed by atoms with Crippen LogP contribution in [0.4, 0.5) is 5.69 Å². The van der Waals surface area contributed by atoms with Gasteiger partial charge in [-0.25, -0.2) is 4.98 Å². The first kappa shape index (κ1) is 16.7. The van der Waals surface area contributed by atoms with E-state index < -0.39 is 0 Å². The highest BCUT2D eigenvalue weighted by Crippen LogP contribution is 2.24. The summed E-state index contributed by atoms with van der Waals surface area (Å²) in [5.74, 6) is 1.36. The fourth-order valence-electron chi connectivity index (χ4n) is 3.22. The minimum absolute atomic E-state index is 0.0281. The number of hydrogen-bond acceptors (Lipinski definition) is 3. The average molecular weight is 327 g/mol. The van der Waals surface area contributed by atoms with Crippen LogP contribution in [0.5, 0.6) is 0 Å². The van der Waals surface area contributed by atoms with Gasteiger partial charge in [-0.2, -0.15) is 0 Å². The lowest BCUT2D eigenvalue weighted by molar-refractivity contribution is -0.120. The first-order valence-corrected chi connectivity index (χ1v) is 8.54. The monoisotopic (exact) mass is 327 g/mol. The number of anilines is 1. The molecule has 1 aliphatic heterocycles. The summed E-state index contributed by atoms with van der Waals surface area (Å²) in [5, 5.41) is 3.02. The quantitative estimate of drug-likeness (QED) is 0.915. The lowest BCUT2D eigenvalue weighted by atomic mass is 9.92. The number of aromatic nitrogens is 2. The van der Waals surface area contributed by atoms with Crippen molar-refractivity contribution in [1.29, 1.82) is 0 Å². The molecule has 5 nitrogen and oxygen atoms in total. The highest BCUT2D eigenvalue weighted by atomic mass is 16.5. The maximum absolute atomic E-state index is 12.4. The van der Waals surface area contributed by atoms with Crippen molar-refractivity contribution >= 4 is 11.6 Å². The van der Waals surface area contributed by atoms with Gasteiger partial charge in [0.15, 0.2) is 0 Å². The number of aryl methyl sites for hydroxylation is 1. The second-order valence-corrected chi connectivity index (χ2v) is 6.58. The molecule has 1 amide bonds. The Hall–Kier alpha value is -2.14. The fourth-order valence-corrected chi connectivity index (χ4v) is 3.22. The summed E-state index contributed by atoms with van der Waals surface area (Å²) >= 11 is 0. The van der Waals surface area contributed by atoms with E-state index in [0.717, 1.165) is 24.5 Å². The lowest BCUT2D eigenvalue weighted by Crippen LogP contribution is -2.27. The molecule has 2 aromatic rings. The molecule has 1 aromatic heterocycles. The Morgan fingerprint density at radius 3 is 2.67 bits per heavy atom. The van der Waals surface area contributed by atoms with Gasteiger partial charge in [-0.1, -0.05) is 19.1 Å². The molecule has 1 N–H and O–H groups in total. The normalized spacial score (nSPS) is 19.9. The Balaban J connectivity index is 1.64. The van der Waals surface area contributed by atoms with E-state index in [0.29, 0.717) is 12.5 Å². The van der Waals surface area contributed by atoms with Crippen molar-refractivity contribution in [3.8, 4) is 0 Å². The summed E-state index contributed by atoms with van der Waals surface area (Å²) in [5.41, 5.74) is 2.02. The summed E-state index contributed by atoms with van der Waals surface area (Å²) in [6.07, 6.45) is 4.77. The van der Waals surface area contributed by atoms with Gasteiger partial charge in [0.25, 0.3) is 0 Å². The standard InChI is InChI=1S/C19H25N3O2/c1-13(17-8-11-24-12-17)19(23)21-18-6-4-16(5-7-18)14(2)22-10-9-20-15(22)3/h4-7,9-10,13-14,17H,8,11-12H2,1-3H3,(H,21,23)/t13?,14-,17?/m0/s1. The van der Waals surface area contributed by atoms with Crippen LogP contribution >= 0.6 is 0 Å². The van der Waals surface area contributed by atoms with E-state index in [-0.39, 0.29) is 17.9 Å². The molecule has 128 valence electrons. The maximum atomic E-state index is 12.4. The highest BCUT2D eigenvalue weighted by molar-refractivity contribution is 5.92. The summed E-state index contributed by atoms with van der Waals surface area (Å²) in [6.45, 7) is 7.58. The van der Waals surface area contributed by atoms with E-state index in [1.54, 1.807) is 0 Å². The number of hydrogen-bond donors (Lipinski definition) is 1. The van der Waals surface area contributed by atoms with Crippen molar-refractivity contribution in [3.05, 3.63) is 48.0 Å². The average Bonchev–Trinajstić information content (AvgIpc) is 3.25. The molecule has 1 aromatic carbocycles. The number of carbonyl (C=O) groups excluding carboxylic acids is 1. The smallest absolute Gasteiger partial charge is 0.227 e. The minimum atomic E-state index is -0.0281. The largest absolute Gasteiger partial charge is 0.381 e. The third-order valence-electron chi connectivity index (χ3n) is 5.03. The summed E-state index contributed by atoms with van der Waals surface area (Å²) in [7, 11) is 0. The van der Waals surface area contributed by atoms with E-state index in [1.807, 2.05) is 38.4 Å². The molecule has 0 radical (unpaired) electrons. The van der Waals surface area contributed by atoms with Gasteiger partial charge in [0, 0.05) is 30.6 Å². The number of benzene rings is 1. The molecular formula is C19H25N3O2. The van der Waals surface area contributed by atoms with Crippen molar-refractivity contribution in [1.82, 2.24) is 9.55 Å². The van der Waals surface area contributed by atoms with Crippen LogP contribution in [0.1, 0.15) is 37.7 Å². The number of nitrogens with zero attached hydrogens (tertiary/aromatic N) is 2. The predicted molar refractivity (Wildman–Crippen MR) is 93.9 cm³/mol. The van der Waals surface area contributed by atoms with Gasteiger partial charge in [0.2, 0.25) is 5.91 Å². The third-order valence-corrected chi connectivity index (χ3v) is 5.03. The summed E-state index contributed by atoms with van der Waals surface area (Å²) in [6, 6.07) is 8.26. The number of nitrogens with one attached hydrogen (secondary N) is 1. The lowest BCUT2D eigenvalue weighted by Gasteiger charge is -2.18. The molecule has 24 heavy (non-hydrogen) atoms. The van der Waals surface area contributed by atoms with Crippen molar-refractivity contribution in [3.63, 3.8) is 0 Å². The van der Waals surface area contributed by atoms with Gasteiger partial charge in [-0.3, -0.25) is 4.79 Å². The second kappa shape index (κ2) is 7.18. The summed E-state index contributed by atoms with van der Waals surface area (Å²) in [4.78, 5) is 16.6. The molecule has 3 atom stereocenters. The molecule has 0 aliphatic carbocycles. The van der Waals surface area contributed by atoms with Crippen LogP contribution in [0.25, 0.3) is 0 Å². The van der Waals surface area contributed by atoms with Crippen molar-refractivity contribution < 1.29 is 9.53 Å². The molecule has 2 unspecified atom stereocenters. The molecular weight excluding hydrogens is 302 g/mol. The topological polar surface area (TPSA) is 56.2 Å². The van der Waals surface area contributed by atoms with Gasteiger partial charge >= 0.3 is 0 Å². The van der Waals surface area contributed by atoms with E-state index in [1.165, 1.54) is 5.56 Å². The number of amides is 1. The van der Waals surface area contributed by atoms with Crippen LogP contribution in [0.15, 0.2) is 36.7 Å². The minimum Gasteiger partial charge on any atom is -0.381 e. The molecule has 1 fully saturated rings. The van der Waals surface area contributed by atoms with Crippen LogP contribution in [0, 0.1) is 18.8 Å². The molecule has 0 bridgehead atoms. The van der Waals surface area contributed by atoms with Crippen molar-refractivity contribution in [2.45, 2.75) is 33.2 Å². The highest BCUT2D eigenvalue weighted by Gasteiger charge is 2.27. The Labute approximate surface area is 143 Å². The van der Waals surface area contributed by atoms with E-state index in [2.05, 4.69) is 33.9 Å². The molecule has 1 aliphatic rings. The first-order valence-electron chi connectivity index (χ1n) is 8.54. The molecule has 0 saturated carbocycles. The number of ether oxygens (including phenoxy) is 1. The van der Waals surface area contributed by atoms with Gasteiger partial charge in [-0.15, -0.1) is 0 Å². The zero-order valence-electron chi connectivity index (χ0n) is 14.5. The molecule has 5 heteroatoms. The van der Waals surface area contributed by atoms with Crippen molar-refractivity contribution in [2.24, 2.45) is 11.8 Å². The SMILES string of the molecule is Cc1nccn1[C@@H](C)c1ccc(NC(=O)C(C)C2CCOC2)cc1. The van der Waals surface area contributed by atoms with Crippen LogP contribution in [-0.4, -0.2) is 28.7 Å². The van der Waals surface area contributed by atoms with Crippen LogP contribution in [-0.2, 0) is 9.53 Å². The Morgan fingerprint density at radius 2 is 2.08 bits per heavy atom. The first-order chi connectivity index (χ1) is 11.6. The van der Waals surface area contributed by atoms with Gasteiger partial charge in [-0.05, 0) is 43.9 Å². The fraction of sp³-hybridized carbons (Fsp3) is 0.474. The van der Waals surface area contributed by atoms with Crippen LogP contribution in [0.2, 0.25) is 0 Å². The Kier molecular flexibility index (Phi) is 5.00. The maximum Gasteiger partial charge on any atom is 0.227 e. The van der Waals surface area contributed by atoms with E-state index in [4.69, 9.17) is 4.74 Å². The van der Waals surface area contributed by atoms with Gasteiger partial charge in [0.05, 0.1) is 12.6 Å². The van der Waals surface area contributed by atoms with E-state index in [9.17, 15) is 4.79 Å². The Morgan fingerprint density at radius 1 is 1.33 bits per heavy atom. The number of imidazole rings is 1. The molecule has 3 rings (SSSR count). The molecule has 2 heterocycles. The Bertz CT molecular complexity index is 687. The van der Waals surface area contributed by atoms with Gasteiger partial charge < -0.3 is 14.6 Å². The zero-order chi connectivity index (χ0) is 17.1. The van der Waals surface area contributed by atoms with Crippen molar-refractivity contribution in [2.75, 3.05) is 18.5 Å². The number of carbonyl (C=O) groups is 1. The second-order valence-electron chi connectivity index (χ2n) is 6.58. The zero-order valence-corrected chi connectivity index (χ0v) is 14.5. The van der Waals surface area contributed by atoms with Gasteiger partial charge in [0.1, 0.15) is 5.82 Å². The third kappa shape index (κ3) is 3.51.